The van der Waals surface area contributed by atoms with Crippen molar-refractivity contribution in [2.24, 2.45) is 0 Å². The molecule has 9 aromatic carbocycles. The minimum Gasteiger partial charge on any atom is -0.264 e. The van der Waals surface area contributed by atoms with Gasteiger partial charge in [0.15, 0.2) is 0 Å². The Kier molecular flexibility index (Phi) is 7.23. The van der Waals surface area contributed by atoms with Crippen LogP contribution in [0.4, 0.5) is 0 Å². The Labute approximate surface area is 334 Å². The number of pyridine rings is 3. The first-order valence-corrected chi connectivity index (χ1v) is 19.7. The Morgan fingerprint density at radius 1 is 0.293 bits per heavy atom. The summed E-state index contributed by atoms with van der Waals surface area (Å²) in [5.74, 6) is 0. The van der Waals surface area contributed by atoms with Gasteiger partial charge in [0.05, 0.1) is 22.4 Å². The van der Waals surface area contributed by atoms with Crippen LogP contribution in [0.5, 0.6) is 0 Å². The lowest BCUT2D eigenvalue weighted by Gasteiger charge is -2.17. The SMILES string of the molecule is c1cncc(-c2cccc(-c3ccc4ccc5ccc(-c6ccc(-c7ccc8ccc9c(-c%10cccc%11ccccc%10%11)ccc%10ccc7c8c%109)cc6)nc5c4n3)c2)c1. The van der Waals surface area contributed by atoms with Gasteiger partial charge >= 0.3 is 0 Å². The molecule has 58 heavy (non-hydrogen) atoms. The summed E-state index contributed by atoms with van der Waals surface area (Å²) in [6, 6.07) is 67.9. The molecule has 0 saturated heterocycles. The fourth-order valence-corrected chi connectivity index (χ4v) is 9.05. The van der Waals surface area contributed by atoms with E-state index in [-0.39, 0.29) is 0 Å². The van der Waals surface area contributed by atoms with Gasteiger partial charge < -0.3 is 0 Å². The number of hydrogen-bond acceptors (Lipinski definition) is 3. The largest absolute Gasteiger partial charge is 0.264 e. The normalized spacial score (nSPS) is 11.8. The number of aromatic nitrogens is 3. The van der Waals surface area contributed by atoms with E-state index in [0.717, 1.165) is 55.4 Å². The Morgan fingerprint density at radius 2 is 0.845 bits per heavy atom. The number of benzene rings is 9. The van der Waals surface area contributed by atoms with E-state index in [1.54, 1.807) is 6.20 Å². The van der Waals surface area contributed by atoms with E-state index in [2.05, 4.69) is 187 Å². The van der Waals surface area contributed by atoms with Gasteiger partial charge in [0.1, 0.15) is 0 Å². The van der Waals surface area contributed by atoms with Crippen LogP contribution in [-0.4, -0.2) is 15.0 Å². The van der Waals surface area contributed by atoms with Crippen molar-refractivity contribution in [3.63, 3.8) is 0 Å². The van der Waals surface area contributed by atoms with Crippen LogP contribution in [-0.2, 0) is 0 Å². The molecule has 12 rings (SSSR count). The number of rotatable bonds is 5. The van der Waals surface area contributed by atoms with Gasteiger partial charge in [0.25, 0.3) is 0 Å². The smallest absolute Gasteiger partial charge is 0.0972 e. The minimum absolute atomic E-state index is 0.900. The molecule has 3 aromatic heterocycles. The summed E-state index contributed by atoms with van der Waals surface area (Å²) in [6.07, 6.45) is 3.70. The van der Waals surface area contributed by atoms with E-state index in [1.165, 1.54) is 65.3 Å². The lowest BCUT2D eigenvalue weighted by Crippen LogP contribution is -1.92. The zero-order valence-electron chi connectivity index (χ0n) is 31.4. The molecule has 0 amide bonds. The van der Waals surface area contributed by atoms with Crippen LogP contribution >= 0.6 is 0 Å². The maximum atomic E-state index is 5.26. The van der Waals surface area contributed by atoms with Gasteiger partial charge in [-0.3, -0.25) is 4.98 Å². The van der Waals surface area contributed by atoms with E-state index in [4.69, 9.17) is 9.97 Å². The highest BCUT2D eigenvalue weighted by Crippen LogP contribution is 2.43. The summed E-state index contributed by atoms with van der Waals surface area (Å²) >= 11 is 0. The average Bonchev–Trinajstić information content (AvgIpc) is 3.30. The highest BCUT2D eigenvalue weighted by Gasteiger charge is 2.17. The lowest BCUT2D eigenvalue weighted by atomic mass is 9.86. The summed E-state index contributed by atoms with van der Waals surface area (Å²) in [5.41, 5.74) is 12.9. The van der Waals surface area contributed by atoms with E-state index < -0.39 is 0 Å². The van der Waals surface area contributed by atoms with E-state index >= 15 is 0 Å². The third-order valence-electron chi connectivity index (χ3n) is 11.9. The molecule has 0 aliphatic rings. The quantitative estimate of drug-likeness (QED) is 0.165. The highest BCUT2D eigenvalue weighted by atomic mass is 14.8. The van der Waals surface area contributed by atoms with Crippen molar-refractivity contribution in [3.05, 3.63) is 200 Å². The van der Waals surface area contributed by atoms with Crippen LogP contribution in [0.2, 0.25) is 0 Å². The van der Waals surface area contributed by atoms with Crippen LogP contribution in [0.15, 0.2) is 200 Å². The van der Waals surface area contributed by atoms with Gasteiger partial charge in [-0.2, -0.15) is 0 Å². The zero-order valence-corrected chi connectivity index (χ0v) is 31.4. The van der Waals surface area contributed by atoms with Crippen molar-refractivity contribution < 1.29 is 0 Å². The Hall–Kier alpha value is -7.75. The van der Waals surface area contributed by atoms with Crippen molar-refractivity contribution in [2.75, 3.05) is 0 Å². The Balaban J connectivity index is 0.934. The third kappa shape index (κ3) is 5.18. The van der Waals surface area contributed by atoms with Gasteiger partial charge in [0.2, 0.25) is 0 Å². The first kappa shape index (κ1) is 32.5. The summed E-state index contributed by atoms with van der Waals surface area (Å²) in [4.78, 5) is 14.8. The average molecular weight is 736 g/mol. The fraction of sp³-hybridized carbons (Fsp3) is 0. The molecule has 0 aliphatic heterocycles. The van der Waals surface area contributed by atoms with Crippen molar-refractivity contribution >= 4 is 64.9 Å². The van der Waals surface area contributed by atoms with Crippen molar-refractivity contribution in [1.82, 2.24) is 15.0 Å². The topological polar surface area (TPSA) is 38.7 Å². The van der Waals surface area contributed by atoms with Crippen LogP contribution in [0.3, 0.4) is 0 Å². The predicted octanol–water partition coefficient (Wildman–Crippen LogP) is 14.6. The molecule has 268 valence electrons. The summed E-state index contributed by atoms with van der Waals surface area (Å²) in [7, 11) is 0. The molecule has 0 bridgehead atoms. The number of nitrogens with zero attached hydrogens (tertiary/aromatic N) is 3. The summed E-state index contributed by atoms with van der Waals surface area (Å²) in [6.45, 7) is 0. The first-order valence-electron chi connectivity index (χ1n) is 19.7. The molecule has 0 aliphatic carbocycles. The molecule has 0 atom stereocenters. The predicted molar refractivity (Wildman–Crippen MR) is 243 cm³/mol. The van der Waals surface area contributed by atoms with Crippen molar-refractivity contribution in [1.29, 1.82) is 0 Å². The zero-order chi connectivity index (χ0) is 38.2. The second-order valence-corrected chi connectivity index (χ2v) is 15.2. The summed E-state index contributed by atoms with van der Waals surface area (Å²) < 4.78 is 0. The van der Waals surface area contributed by atoms with Gasteiger partial charge in [-0.05, 0) is 95.2 Å². The van der Waals surface area contributed by atoms with E-state index in [0.29, 0.717) is 0 Å². The molecule has 0 saturated carbocycles. The molecule has 0 fully saturated rings. The summed E-state index contributed by atoms with van der Waals surface area (Å²) in [5, 5.41) is 12.4. The Morgan fingerprint density at radius 3 is 1.59 bits per heavy atom. The molecular formula is C55H33N3. The van der Waals surface area contributed by atoms with Gasteiger partial charge in [-0.1, -0.05) is 164 Å². The standard InChI is InChI=1S/C55H33N3/c1-2-11-44-34(6-1)7-4-12-46(44)47-26-20-38-21-27-48-45(25-19-37-22-28-49(47)53(38)52(37)48)35-13-15-36(16-14-35)50-29-23-39-17-18-40-24-30-51(58-55(40)54(39)57-50)42-9-3-8-41(32-42)43-10-5-31-56-33-43/h1-33H. The van der Waals surface area contributed by atoms with Crippen molar-refractivity contribution in [2.45, 2.75) is 0 Å². The van der Waals surface area contributed by atoms with Crippen LogP contribution in [0.1, 0.15) is 0 Å². The molecule has 3 nitrogen and oxygen atoms in total. The highest BCUT2D eigenvalue weighted by molar-refractivity contribution is 6.28. The molecule has 0 unspecified atom stereocenters. The third-order valence-corrected chi connectivity index (χ3v) is 11.9. The van der Waals surface area contributed by atoms with Crippen LogP contribution < -0.4 is 0 Å². The molecule has 0 N–H and O–H groups in total. The van der Waals surface area contributed by atoms with Gasteiger partial charge in [-0.15, -0.1) is 0 Å². The molecule has 12 aromatic rings. The minimum atomic E-state index is 0.900. The molecular weight excluding hydrogens is 703 g/mol. The maximum absolute atomic E-state index is 5.26. The molecule has 3 heterocycles. The van der Waals surface area contributed by atoms with E-state index in [1.807, 2.05) is 12.3 Å². The maximum Gasteiger partial charge on any atom is 0.0972 e. The second-order valence-electron chi connectivity index (χ2n) is 15.2. The fourth-order valence-electron chi connectivity index (χ4n) is 9.05. The molecule has 3 heteroatoms. The van der Waals surface area contributed by atoms with E-state index in [9.17, 15) is 0 Å². The number of fused-ring (bicyclic) bond motifs is 4. The van der Waals surface area contributed by atoms with Crippen LogP contribution in [0.25, 0.3) is 121 Å². The Bertz CT molecular complexity index is 3550. The number of hydrogen-bond donors (Lipinski definition) is 0. The molecule has 0 spiro atoms. The lowest BCUT2D eigenvalue weighted by molar-refractivity contribution is 1.33. The first-order chi connectivity index (χ1) is 28.7. The monoisotopic (exact) mass is 735 g/mol. The molecule has 0 radical (unpaired) electrons. The van der Waals surface area contributed by atoms with Crippen LogP contribution in [0, 0.1) is 0 Å². The second kappa shape index (κ2) is 12.9. The van der Waals surface area contributed by atoms with Gasteiger partial charge in [-0.25, -0.2) is 9.97 Å². The van der Waals surface area contributed by atoms with Crippen molar-refractivity contribution in [3.8, 4) is 55.9 Å². The van der Waals surface area contributed by atoms with Gasteiger partial charge in [0, 0.05) is 39.9 Å².